The standard InChI is InChI=1S/C15H18FNO/c1-17(14-4-2-3-5-14)15(18)11-8-12-6-9-13(16)10-7-12/h6-11,14H,2-5H2,1H3/b11-8+. The summed E-state index contributed by atoms with van der Waals surface area (Å²) < 4.78 is 12.7. The van der Waals surface area contributed by atoms with Crippen LogP contribution in [0.4, 0.5) is 4.39 Å². The van der Waals surface area contributed by atoms with Crippen molar-refractivity contribution in [3.63, 3.8) is 0 Å². The first-order valence-corrected chi connectivity index (χ1v) is 6.37. The minimum atomic E-state index is -0.262. The molecule has 0 aromatic heterocycles. The van der Waals surface area contributed by atoms with Crippen LogP contribution in [0.5, 0.6) is 0 Å². The number of benzene rings is 1. The fourth-order valence-electron chi connectivity index (χ4n) is 2.33. The van der Waals surface area contributed by atoms with E-state index in [0.29, 0.717) is 6.04 Å². The van der Waals surface area contributed by atoms with Crippen LogP contribution in [0, 0.1) is 5.82 Å². The van der Waals surface area contributed by atoms with E-state index in [4.69, 9.17) is 0 Å². The van der Waals surface area contributed by atoms with Gasteiger partial charge in [0.05, 0.1) is 0 Å². The van der Waals surface area contributed by atoms with E-state index in [-0.39, 0.29) is 11.7 Å². The van der Waals surface area contributed by atoms with E-state index >= 15 is 0 Å². The number of halogens is 1. The van der Waals surface area contributed by atoms with Gasteiger partial charge in [-0.25, -0.2) is 4.39 Å². The predicted octanol–water partition coefficient (Wildman–Crippen LogP) is 3.24. The second-order valence-electron chi connectivity index (χ2n) is 4.77. The number of likely N-dealkylation sites (N-methyl/N-ethyl adjacent to an activating group) is 1. The van der Waals surface area contributed by atoms with Gasteiger partial charge in [-0.2, -0.15) is 0 Å². The number of amides is 1. The Kier molecular flexibility index (Phi) is 4.13. The Morgan fingerprint density at radius 2 is 1.89 bits per heavy atom. The molecule has 2 rings (SSSR count). The molecule has 0 saturated heterocycles. The van der Waals surface area contributed by atoms with E-state index in [2.05, 4.69) is 0 Å². The molecule has 0 atom stereocenters. The fourth-order valence-corrected chi connectivity index (χ4v) is 2.33. The van der Waals surface area contributed by atoms with E-state index < -0.39 is 0 Å². The SMILES string of the molecule is CN(C(=O)/C=C/c1ccc(F)cc1)C1CCCC1. The molecule has 0 spiro atoms. The first-order valence-electron chi connectivity index (χ1n) is 6.37. The lowest BCUT2D eigenvalue weighted by atomic mass is 10.2. The predicted molar refractivity (Wildman–Crippen MR) is 70.5 cm³/mol. The van der Waals surface area contributed by atoms with E-state index in [1.165, 1.54) is 25.0 Å². The third kappa shape index (κ3) is 3.19. The largest absolute Gasteiger partial charge is 0.339 e. The molecule has 1 fully saturated rings. The second-order valence-corrected chi connectivity index (χ2v) is 4.77. The van der Waals surface area contributed by atoms with Crippen LogP contribution in [0.15, 0.2) is 30.3 Å². The third-order valence-electron chi connectivity index (χ3n) is 3.51. The molecule has 0 bridgehead atoms. The van der Waals surface area contributed by atoms with Gasteiger partial charge < -0.3 is 4.90 Å². The maximum atomic E-state index is 12.7. The van der Waals surface area contributed by atoms with Gasteiger partial charge in [0.1, 0.15) is 5.82 Å². The maximum absolute atomic E-state index is 12.7. The van der Waals surface area contributed by atoms with Gasteiger partial charge in [-0.1, -0.05) is 25.0 Å². The van der Waals surface area contributed by atoms with Crippen LogP contribution in [0.25, 0.3) is 6.08 Å². The molecule has 1 aliphatic rings. The average Bonchev–Trinajstić information content (AvgIpc) is 2.90. The molecule has 1 aliphatic carbocycles. The van der Waals surface area contributed by atoms with Crippen molar-refractivity contribution in [1.82, 2.24) is 4.90 Å². The van der Waals surface area contributed by atoms with Crippen LogP contribution in [-0.4, -0.2) is 23.9 Å². The summed E-state index contributed by atoms with van der Waals surface area (Å²) in [6, 6.07) is 6.49. The van der Waals surface area contributed by atoms with E-state index in [0.717, 1.165) is 18.4 Å². The molecule has 3 heteroatoms. The number of carbonyl (C=O) groups is 1. The Bertz CT molecular complexity index is 432. The van der Waals surface area contributed by atoms with E-state index in [1.54, 1.807) is 24.3 Å². The molecule has 2 nitrogen and oxygen atoms in total. The first-order chi connectivity index (χ1) is 8.66. The number of hydrogen-bond donors (Lipinski definition) is 0. The second kappa shape index (κ2) is 5.80. The smallest absolute Gasteiger partial charge is 0.246 e. The van der Waals surface area contributed by atoms with E-state index in [1.807, 2.05) is 11.9 Å². The lowest BCUT2D eigenvalue weighted by molar-refractivity contribution is -0.126. The summed E-state index contributed by atoms with van der Waals surface area (Å²) >= 11 is 0. The van der Waals surface area contributed by atoms with Crippen molar-refractivity contribution in [2.45, 2.75) is 31.7 Å². The molecule has 0 aliphatic heterocycles. The third-order valence-corrected chi connectivity index (χ3v) is 3.51. The van der Waals surface area contributed by atoms with Gasteiger partial charge in [0.25, 0.3) is 0 Å². The summed E-state index contributed by atoms with van der Waals surface area (Å²) in [6.45, 7) is 0. The lowest BCUT2D eigenvalue weighted by Gasteiger charge is -2.22. The van der Waals surface area contributed by atoms with Gasteiger partial charge in [-0.05, 0) is 36.6 Å². The van der Waals surface area contributed by atoms with Crippen LogP contribution in [0.1, 0.15) is 31.2 Å². The number of hydrogen-bond acceptors (Lipinski definition) is 1. The van der Waals surface area contributed by atoms with Gasteiger partial charge in [-0.3, -0.25) is 4.79 Å². The molecule has 1 aromatic rings. The summed E-state index contributed by atoms with van der Waals surface area (Å²) in [5.74, 6) is -0.243. The zero-order chi connectivity index (χ0) is 13.0. The Hall–Kier alpha value is -1.64. The highest BCUT2D eigenvalue weighted by Gasteiger charge is 2.21. The van der Waals surface area contributed by atoms with Gasteiger partial charge in [0, 0.05) is 19.2 Å². The fraction of sp³-hybridized carbons (Fsp3) is 0.400. The van der Waals surface area contributed by atoms with Crippen molar-refractivity contribution in [2.24, 2.45) is 0 Å². The topological polar surface area (TPSA) is 20.3 Å². The Balaban J connectivity index is 1.95. The normalized spacial score (nSPS) is 16.3. The van der Waals surface area contributed by atoms with Crippen molar-refractivity contribution in [3.8, 4) is 0 Å². The maximum Gasteiger partial charge on any atom is 0.246 e. The Morgan fingerprint density at radius 3 is 2.50 bits per heavy atom. The van der Waals surface area contributed by atoms with Crippen molar-refractivity contribution in [1.29, 1.82) is 0 Å². The highest BCUT2D eigenvalue weighted by atomic mass is 19.1. The summed E-state index contributed by atoms with van der Waals surface area (Å²) in [6.07, 6.45) is 7.92. The molecular weight excluding hydrogens is 229 g/mol. The molecule has 1 aromatic carbocycles. The van der Waals surface area contributed by atoms with Crippen molar-refractivity contribution >= 4 is 12.0 Å². The van der Waals surface area contributed by atoms with Crippen molar-refractivity contribution in [2.75, 3.05) is 7.05 Å². The lowest BCUT2D eigenvalue weighted by Crippen LogP contribution is -2.33. The van der Waals surface area contributed by atoms with Crippen molar-refractivity contribution < 1.29 is 9.18 Å². The highest BCUT2D eigenvalue weighted by molar-refractivity contribution is 5.91. The Labute approximate surface area is 107 Å². The molecule has 18 heavy (non-hydrogen) atoms. The summed E-state index contributed by atoms with van der Waals surface area (Å²) in [5.41, 5.74) is 0.838. The number of nitrogens with zero attached hydrogens (tertiary/aromatic N) is 1. The summed E-state index contributed by atoms with van der Waals surface area (Å²) in [5, 5.41) is 0. The molecule has 0 unspecified atom stereocenters. The van der Waals surface area contributed by atoms with Crippen LogP contribution >= 0.6 is 0 Å². The van der Waals surface area contributed by atoms with Crippen LogP contribution in [0.2, 0.25) is 0 Å². The van der Waals surface area contributed by atoms with E-state index in [9.17, 15) is 9.18 Å². The van der Waals surface area contributed by atoms with Crippen LogP contribution in [-0.2, 0) is 4.79 Å². The van der Waals surface area contributed by atoms with Gasteiger partial charge in [0.15, 0.2) is 0 Å². The molecule has 1 amide bonds. The summed E-state index contributed by atoms with van der Waals surface area (Å²) in [4.78, 5) is 13.7. The molecular formula is C15H18FNO. The van der Waals surface area contributed by atoms with Crippen LogP contribution < -0.4 is 0 Å². The zero-order valence-corrected chi connectivity index (χ0v) is 10.6. The number of carbonyl (C=O) groups excluding carboxylic acids is 1. The van der Waals surface area contributed by atoms with Crippen LogP contribution in [0.3, 0.4) is 0 Å². The minimum absolute atomic E-state index is 0.0197. The monoisotopic (exact) mass is 247 g/mol. The Morgan fingerprint density at radius 1 is 1.28 bits per heavy atom. The highest BCUT2D eigenvalue weighted by Crippen LogP contribution is 2.22. The minimum Gasteiger partial charge on any atom is -0.339 e. The molecule has 1 saturated carbocycles. The zero-order valence-electron chi connectivity index (χ0n) is 10.6. The quantitative estimate of drug-likeness (QED) is 0.751. The summed E-state index contributed by atoms with van der Waals surface area (Å²) in [7, 11) is 1.85. The van der Waals surface area contributed by atoms with Gasteiger partial charge in [-0.15, -0.1) is 0 Å². The molecule has 0 N–H and O–H groups in total. The first kappa shape index (κ1) is 12.8. The van der Waals surface area contributed by atoms with Gasteiger partial charge in [0.2, 0.25) is 5.91 Å². The molecule has 0 radical (unpaired) electrons. The average molecular weight is 247 g/mol. The van der Waals surface area contributed by atoms with Gasteiger partial charge >= 0.3 is 0 Å². The molecule has 0 heterocycles. The van der Waals surface area contributed by atoms with Crippen molar-refractivity contribution in [3.05, 3.63) is 41.7 Å². The molecule has 96 valence electrons. The number of rotatable bonds is 3.